The highest BCUT2D eigenvalue weighted by atomic mass is 127. The minimum atomic E-state index is -0.390. The van der Waals surface area contributed by atoms with Gasteiger partial charge in [0.1, 0.15) is 0 Å². The van der Waals surface area contributed by atoms with Crippen molar-refractivity contribution >= 4 is 46.5 Å². The van der Waals surface area contributed by atoms with Gasteiger partial charge in [-0.25, -0.2) is 4.99 Å². The fraction of sp³-hybridized carbons (Fsp3) is 0.286. The van der Waals surface area contributed by atoms with Crippen LogP contribution in [0.25, 0.3) is 10.9 Å². The highest BCUT2D eigenvalue weighted by Crippen LogP contribution is 2.19. The van der Waals surface area contributed by atoms with Crippen molar-refractivity contribution in [3.8, 4) is 0 Å². The van der Waals surface area contributed by atoms with Crippen molar-refractivity contribution in [1.29, 1.82) is 0 Å². The zero-order valence-corrected chi connectivity index (χ0v) is 18.9. The quantitative estimate of drug-likeness (QED) is 0.146. The van der Waals surface area contributed by atoms with Crippen molar-refractivity contribution in [3.05, 3.63) is 75.5 Å². The molecule has 0 saturated carbocycles. The molecule has 1 aromatic heterocycles. The molecule has 0 fully saturated rings. The van der Waals surface area contributed by atoms with Crippen molar-refractivity contribution in [1.82, 2.24) is 15.6 Å². The number of aryl methyl sites for hydroxylation is 1. The van der Waals surface area contributed by atoms with E-state index in [1.807, 2.05) is 13.0 Å². The van der Waals surface area contributed by atoms with Gasteiger partial charge in [-0.15, -0.1) is 24.0 Å². The van der Waals surface area contributed by atoms with Gasteiger partial charge in [-0.3, -0.25) is 10.1 Å². The second-order valence-corrected chi connectivity index (χ2v) is 6.66. The number of aromatic nitrogens is 1. The van der Waals surface area contributed by atoms with Gasteiger partial charge in [-0.1, -0.05) is 24.3 Å². The van der Waals surface area contributed by atoms with E-state index in [9.17, 15) is 10.1 Å². The van der Waals surface area contributed by atoms with Crippen LogP contribution in [0.5, 0.6) is 0 Å². The average molecular weight is 507 g/mol. The van der Waals surface area contributed by atoms with Crippen LogP contribution in [0.4, 0.5) is 5.69 Å². The Kier molecular flexibility index (Phi) is 8.44. The molecule has 1 heterocycles. The van der Waals surface area contributed by atoms with Gasteiger partial charge in [0.25, 0.3) is 5.69 Å². The number of H-pyrrole nitrogens is 1. The van der Waals surface area contributed by atoms with Gasteiger partial charge in [0.2, 0.25) is 0 Å². The van der Waals surface area contributed by atoms with Crippen LogP contribution in [0.15, 0.2) is 53.7 Å². The number of nitrogens with one attached hydrogen (secondary N) is 3. The molecule has 0 amide bonds. The summed E-state index contributed by atoms with van der Waals surface area (Å²) in [6.45, 7) is 5.95. The van der Waals surface area contributed by atoms with Crippen molar-refractivity contribution in [2.24, 2.45) is 4.99 Å². The van der Waals surface area contributed by atoms with E-state index in [0.717, 1.165) is 30.6 Å². The van der Waals surface area contributed by atoms with E-state index in [1.54, 1.807) is 12.1 Å². The van der Waals surface area contributed by atoms with E-state index in [0.29, 0.717) is 12.5 Å². The number of fused-ring (bicyclic) bond motifs is 1. The maximum absolute atomic E-state index is 10.9. The number of guanidine groups is 1. The maximum atomic E-state index is 10.9. The Balaban J connectivity index is 0.00000300. The molecule has 3 aromatic rings. The number of aliphatic imine (C=N–C) groups is 1. The zero-order valence-electron chi connectivity index (χ0n) is 16.6. The van der Waals surface area contributed by atoms with E-state index in [-0.39, 0.29) is 34.6 Å². The van der Waals surface area contributed by atoms with E-state index in [2.05, 4.69) is 51.9 Å². The van der Waals surface area contributed by atoms with Crippen LogP contribution in [0.1, 0.15) is 23.6 Å². The molecule has 8 heteroatoms. The minimum Gasteiger partial charge on any atom is -0.361 e. The van der Waals surface area contributed by atoms with Gasteiger partial charge in [0.05, 0.1) is 11.5 Å². The number of non-ortho nitro benzene ring substituents is 1. The summed E-state index contributed by atoms with van der Waals surface area (Å²) in [5, 5.41) is 18.7. The average Bonchev–Trinajstić information content (AvgIpc) is 3.08. The summed E-state index contributed by atoms with van der Waals surface area (Å²) in [6.07, 6.45) is 2.92. The zero-order chi connectivity index (χ0) is 19.9. The highest BCUT2D eigenvalue weighted by Gasteiger charge is 2.07. The lowest BCUT2D eigenvalue weighted by Gasteiger charge is -2.11. The van der Waals surface area contributed by atoms with Gasteiger partial charge in [0.15, 0.2) is 5.96 Å². The lowest BCUT2D eigenvalue weighted by molar-refractivity contribution is -0.384. The molecule has 0 aliphatic heterocycles. The number of halogens is 1. The molecular formula is C21H26IN5O2. The molecular weight excluding hydrogens is 481 g/mol. The van der Waals surface area contributed by atoms with E-state index in [1.165, 1.54) is 22.6 Å². The van der Waals surface area contributed by atoms with Crippen LogP contribution >= 0.6 is 24.0 Å². The Morgan fingerprint density at radius 1 is 1.21 bits per heavy atom. The van der Waals surface area contributed by atoms with Crippen molar-refractivity contribution in [3.63, 3.8) is 0 Å². The topological polar surface area (TPSA) is 95.3 Å². The van der Waals surface area contributed by atoms with Crippen molar-refractivity contribution in [2.75, 3.05) is 13.1 Å². The van der Waals surface area contributed by atoms with Gasteiger partial charge in [-0.2, -0.15) is 0 Å². The number of nitro benzene ring substituents is 1. The molecule has 7 nitrogen and oxygen atoms in total. The number of nitrogens with zero attached hydrogens (tertiary/aromatic N) is 2. The van der Waals surface area contributed by atoms with E-state index >= 15 is 0 Å². The summed E-state index contributed by atoms with van der Waals surface area (Å²) in [7, 11) is 0. The van der Waals surface area contributed by atoms with E-state index < -0.39 is 0 Å². The van der Waals surface area contributed by atoms with Crippen LogP contribution in [0.2, 0.25) is 0 Å². The predicted molar refractivity (Wildman–Crippen MR) is 128 cm³/mol. The molecule has 0 aliphatic carbocycles. The molecule has 29 heavy (non-hydrogen) atoms. The standard InChI is InChI=1S/C21H25N5O2.HI/c1-3-22-21(25-13-16-5-4-6-18(12-16)26(27)28)23-10-9-17-14-24-20-11-15(2)7-8-19(17)20;/h4-8,11-12,14,24H,3,9-10,13H2,1-2H3,(H2,22,23,25);1H. The fourth-order valence-corrected chi connectivity index (χ4v) is 3.10. The Morgan fingerprint density at radius 2 is 2.03 bits per heavy atom. The molecule has 3 rings (SSSR count). The maximum Gasteiger partial charge on any atom is 0.269 e. The van der Waals surface area contributed by atoms with Crippen LogP contribution in [0.3, 0.4) is 0 Å². The molecule has 0 spiro atoms. The third-order valence-corrected chi connectivity index (χ3v) is 4.50. The fourth-order valence-electron chi connectivity index (χ4n) is 3.10. The summed E-state index contributed by atoms with van der Waals surface area (Å²) in [5.41, 5.74) is 4.54. The summed E-state index contributed by atoms with van der Waals surface area (Å²) >= 11 is 0. The van der Waals surface area contributed by atoms with Crippen molar-refractivity contribution in [2.45, 2.75) is 26.8 Å². The Bertz CT molecular complexity index is 1000. The number of nitro groups is 1. The molecule has 0 unspecified atom stereocenters. The molecule has 0 aliphatic rings. The lowest BCUT2D eigenvalue weighted by Crippen LogP contribution is -2.38. The van der Waals surface area contributed by atoms with Crippen LogP contribution < -0.4 is 10.6 Å². The third kappa shape index (κ3) is 6.18. The van der Waals surface area contributed by atoms with Gasteiger partial charge >= 0.3 is 0 Å². The first-order chi connectivity index (χ1) is 13.6. The second kappa shape index (κ2) is 10.8. The number of benzene rings is 2. The Hall–Kier alpha value is -2.62. The van der Waals surface area contributed by atoms with Crippen LogP contribution in [0, 0.1) is 17.0 Å². The van der Waals surface area contributed by atoms with Gasteiger partial charge < -0.3 is 15.6 Å². The van der Waals surface area contributed by atoms with Crippen molar-refractivity contribution < 1.29 is 4.92 Å². The predicted octanol–water partition coefficient (Wildman–Crippen LogP) is 4.30. The summed E-state index contributed by atoms with van der Waals surface area (Å²) in [6, 6.07) is 13.0. The first-order valence-corrected chi connectivity index (χ1v) is 9.39. The summed E-state index contributed by atoms with van der Waals surface area (Å²) in [5.74, 6) is 0.699. The largest absolute Gasteiger partial charge is 0.361 e. The molecule has 0 radical (unpaired) electrons. The van der Waals surface area contributed by atoms with Crippen LogP contribution in [-0.2, 0) is 13.0 Å². The lowest BCUT2D eigenvalue weighted by atomic mass is 10.1. The van der Waals surface area contributed by atoms with E-state index in [4.69, 9.17) is 0 Å². The first-order valence-electron chi connectivity index (χ1n) is 9.39. The number of hydrogen-bond donors (Lipinski definition) is 3. The second-order valence-electron chi connectivity index (χ2n) is 6.66. The van der Waals surface area contributed by atoms with Crippen LogP contribution in [-0.4, -0.2) is 29.0 Å². The van der Waals surface area contributed by atoms with Gasteiger partial charge in [0, 0.05) is 42.3 Å². The minimum absolute atomic E-state index is 0. The SMILES string of the molecule is CCNC(=NCc1cccc([N+](=O)[O-])c1)NCCc1c[nH]c2cc(C)ccc12.I. The summed E-state index contributed by atoms with van der Waals surface area (Å²) in [4.78, 5) is 18.4. The Labute approximate surface area is 187 Å². The molecule has 0 saturated heterocycles. The number of rotatable bonds is 7. The van der Waals surface area contributed by atoms with Gasteiger partial charge in [-0.05, 0) is 43.0 Å². The molecule has 0 atom stereocenters. The first kappa shape index (κ1) is 22.7. The summed E-state index contributed by atoms with van der Waals surface area (Å²) < 4.78 is 0. The third-order valence-electron chi connectivity index (χ3n) is 4.50. The molecule has 0 bridgehead atoms. The number of aromatic amines is 1. The Morgan fingerprint density at radius 3 is 2.79 bits per heavy atom. The molecule has 154 valence electrons. The molecule has 3 N–H and O–H groups in total. The molecule has 2 aromatic carbocycles. The normalized spacial score (nSPS) is 11.2. The number of hydrogen-bond acceptors (Lipinski definition) is 3. The smallest absolute Gasteiger partial charge is 0.269 e. The highest BCUT2D eigenvalue weighted by molar-refractivity contribution is 14.0. The monoisotopic (exact) mass is 507 g/mol.